The number of hydrogen-bond acceptors (Lipinski definition) is 5. The highest BCUT2D eigenvalue weighted by atomic mass is 19.1. The molecule has 7 heteroatoms. The number of nitrogens with zero attached hydrogens (tertiary/aromatic N) is 1. The van der Waals surface area contributed by atoms with E-state index in [1.165, 1.54) is 12.1 Å². The largest absolute Gasteiger partial charge is 0.462 e. The van der Waals surface area contributed by atoms with Crippen molar-refractivity contribution in [2.75, 3.05) is 6.61 Å². The molecule has 2 aromatic rings. The van der Waals surface area contributed by atoms with Gasteiger partial charge in [0.2, 0.25) is 0 Å². The van der Waals surface area contributed by atoms with Gasteiger partial charge in [0.15, 0.2) is 0 Å². The van der Waals surface area contributed by atoms with Gasteiger partial charge in [0.05, 0.1) is 18.2 Å². The summed E-state index contributed by atoms with van der Waals surface area (Å²) < 4.78 is 24.3. The van der Waals surface area contributed by atoms with E-state index in [0.29, 0.717) is 18.4 Å². The summed E-state index contributed by atoms with van der Waals surface area (Å²) in [6.07, 6.45) is 9.07. The van der Waals surface area contributed by atoms with Gasteiger partial charge in [0.1, 0.15) is 11.9 Å². The Balaban J connectivity index is 1.34. The quantitative estimate of drug-likeness (QED) is 0.548. The van der Waals surface area contributed by atoms with Crippen LogP contribution in [0.15, 0.2) is 48.7 Å². The molecule has 1 aromatic heterocycles. The summed E-state index contributed by atoms with van der Waals surface area (Å²) in [7, 11) is 0. The SMILES string of the molecule is CCOC(=O)N[C@H]1CC[C@@H]2[C@@H](C1)C[C@H]1C(=O)O[C@@H](C)[C@@H]1[C@H]2C=Cc1ccc(-c2cccc(F)c2)cn1. The number of ether oxygens (including phenoxy) is 2. The number of hydrogen-bond donors (Lipinski definition) is 1. The number of amides is 1. The van der Waals surface area contributed by atoms with Gasteiger partial charge in [0.25, 0.3) is 0 Å². The predicted octanol–water partition coefficient (Wildman–Crippen LogP) is 5.63. The third-order valence-corrected chi connectivity index (χ3v) is 8.18. The van der Waals surface area contributed by atoms with Gasteiger partial charge in [-0.15, -0.1) is 0 Å². The molecule has 0 unspecified atom stereocenters. The molecule has 0 bridgehead atoms. The first kappa shape index (κ1) is 24.5. The summed E-state index contributed by atoms with van der Waals surface area (Å²) >= 11 is 0. The van der Waals surface area contributed by atoms with Crippen LogP contribution in [0.2, 0.25) is 0 Å². The molecule has 2 aliphatic carbocycles. The molecular formula is C29H33FN2O4. The molecule has 1 saturated heterocycles. The molecule has 190 valence electrons. The fourth-order valence-electron chi connectivity index (χ4n) is 6.64. The molecule has 2 saturated carbocycles. The number of allylic oxidation sites excluding steroid dienone is 1. The van der Waals surface area contributed by atoms with Crippen LogP contribution in [-0.2, 0) is 14.3 Å². The molecule has 1 amide bonds. The number of halogens is 1. The normalized spacial score (nSPS) is 31.4. The summed E-state index contributed by atoms with van der Waals surface area (Å²) in [5, 5.41) is 3.00. The van der Waals surface area contributed by atoms with Gasteiger partial charge >= 0.3 is 12.1 Å². The summed E-state index contributed by atoms with van der Waals surface area (Å²) in [6, 6.07) is 10.4. The maximum Gasteiger partial charge on any atom is 0.407 e. The lowest BCUT2D eigenvalue weighted by Crippen LogP contribution is -2.48. The van der Waals surface area contributed by atoms with Crippen LogP contribution in [0, 0.1) is 35.4 Å². The molecule has 0 radical (unpaired) electrons. The Morgan fingerprint density at radius 2 is 2.08 bits per heavy atom. The van der Waals surface area contributed by atoms with Gasteiger partial charge in [-0.25, -0.2) is 9.18 Å². The van der Waals surface area contributed by atoms with E-state index in [-0.39, 0.29) is 47.8 Å². The topological polar surface area (TPSA) is 77.5 Å². The van der Waals surface area contributed by atoms with Crippen LogP contribution in [0.25, 0.3) is 17.2 Å². The van der Waals surface area contributed by atoms with Crippen molar-refractivity contribution >= 4 is 18.1 Å². The fourth-order valence-corrected chi connectivity index (χ4v) is 6.64. The van der Waals surface area contributed by atoms with Crippen LogP contribution in [0.1, 0.15) is 45.2 Å². The van der Waals surface area contributed by atoms with E-state index >= 15 is 0 Å². The number of cyclic esters (lactones) is 1. The van der Waals surface area contributed by atoms with Crippen LogP contribution in [0.3, 0.4) is 0 Å². The number of alkyl carbamates (subject to hydrolysis) is 1. The minimum atomic E-state index is -0.368. The third kappa shape index (κ3) is 5.01. The minimum Gasteiger partial charge on any atom is -0.462 e. The molecule has 3 aliphatic rings. The number of pyridine rings is 1. The van der Waals surface area contributed by atoms with Crippen molar-refractivity contribution in [1.29, 1.82) is 0 Å². The Labute approximate surface area is 211 Å². The summed E-state index contributed by atoms with van der Waals surface area (Å²) in [4.78, 5) is 29.2. The summed E-state index contributed by atoms with van der Waals surface area (Å²) in [6.45, 7) is 4.15. The van der Waals surface area contributed by atoms with Crippen LogP contribution >= 0.6 is 0 Å². The van der Waals surface area contributed by atoms with Crippen molar-refractivity contribution in [3.8, 4) is 11.1 Å². The summed E-state index contributed by atoms with van der Waals surface area (Å²) in [5.74, 6) is 0.629. The monoisotopic (exact) mass is 492 g/mol. The predicted molar refractivity (Wildman–Crippen MR) is 134 cm³/mol. The van der Waals surface area contributed by atoms with Gasteiger partial charge in [-0.1, -0.05) is 24.3 Å². The highest BCUT2D eigenvalue weighted by molar-refractivity contribution is 5.75. The van der Waals surface area contributed by atoms with Crippen molar-refractivity contribution in [2.24, 2.45) is 29.6 Å². The highest BCUT2D eigenvalue weighted by Crippen LogP contribution is 2.53. The van der Waals surface area contributed by atoms with E-state index < -0.39 is 0 Å². The van der Waals surface area contributed by atoms with Crippen molar-refractivity contribution in [3.05, 3.63) is 60.2 Å². The molecule has 5 rings (SSSR count). The smallest absolute Gasteiger partial charge is 0.407 e. The molecule has 3 fully saturated rings. The number of rotatable bonds is 5. The number of aromatic nitrogens is 1. The lowest BCUT2D eigenvalue weighted by molar-refractivity contribution is -0.144. The minimum absolute atomic E-state index is 0.0679. The second-order valence-electron chi connectivity index (χ2n) is 10.3. The zero-order chi connectivity index (χ0) is 25.2. The highest BCUT2D eigenvalue weighted by Gasteiger charge is 2.54. The second kappa shape index (κ2) is 10.4. The second-order valence-corrected chi connectivity index (χ2v) is 10.3. The van der Waals surface area contributed by atoms with Gasteiger partial charge in [-0.3, -0.25) is 9.78 Å². The number of benzene rings is 1. The first-order valence-electron chi connectivity index (χ1n) is 13.0. The van der Waals surface area contributed by atoms with E-state index in [4.69, 9.17) is 9.47 Å². The molecule has 2 heterocycles. The summed E-state index contributed by atoms with van der Waals surface area (Å²) in [5.41, 5.74) is 2.48. The molecule has 1 aromatic carbocycles. The average Bonchev–Trinajstić information content (AvgIpc) is 3.15. The number of fused-ring (bicyclic) bond motifs is 2. The number of carbonyl (C=O) groups is 2. The lowest BCUT2D eigenvalue weighted by Gasteiger charge is -2.47. The first-order chi connectivity index (χ1) is 17.4. The Morgan fingerprint density at radius 3 is 2.83 bits per heavy atom. The number of nitrogens with one attached hydrogen (secondary N) is 1. The number of carbonyl (C=O) groups excluding carboxylic acids is 2. The van der Waals surface area contributed by atoms with Gasteiger partial charge in [0, 0.05) is 23.7 Å². The van der Waals surface area contributed by atoms with Crippen molar-refractivity contribution in [2.45, 2.75) is 51.7 Å². The van der Waals surface area contributed by atoms with Crippen LogP contribution < -0.4 is 5.32 Å². The fraction of sp³-hybridized carbons (Fsp3) is 0.483. The lowest BCUT2D eigenvalue weighted by atomic mass is 9.57. The van der Waals surface area contributed by atoms with Crippen LogP contribution in [0.4, 0.5) is 9.18 Å². The molecule has 7 atom stereocenters. The van der Waals surface area contributed by atoms with Crippen LogP contribution in [0.5, 0.6) is 0 Å². The molecule has 1 N–H and O–H groups in total. The molecule has 6 nitrogen and oxygen atoms in total. The molecule has 1 aliphatic heterocycles. The average molecular weight is 493 g/mol. The van der Waals surface area contributed by atoms with E-state index in [9.17, 15) is 14.0 Å². The zero-order valence-corrected chi connectivity index (χ0v) is 20.7. The van der Waals surface area contributed by atoms with E-state index in [0.717, 1.165) is 42.5 Å². The Hall–Kier alpha value is -3.22. The van der Waals surface area contributed by atoms with Crippen molar-refractivity contribution < 1.29 is 23.5 Å². The number of esters is 1. The molecular weight excluding hydrogens is 459 g/mol. The van der Waals surface area contributed by atoms with Crippen molar-refractivity contribution in [3.63, 3.8) is 0 Å². The van der Waals surface area contributed by atoms with E-state index in [1.54, 1.807) is 19.2 Å². The van der Waals surface area contributed by atoms with E-state index in [1.807, 2.05) is 31.2 Å². The van der Waals surface area contributed by atoms with Gasteiger partial charge < -0.3 is 14.8 Å². The maximum absolute atomic E-state index is 13.6. The Bertz CT molecular complexity index is 1130. The van der Waals surface area contributed by atoms with Gasteiger partial charge in [-0.2, -0.15) is 0 Å². The Morgan fingerprint density at radius 1 is 1.22 bits per heavy atom. The molecule has 36 heavy (non-hydrogen) atoms. The van der Waals surface area contributed by atoms with E-state index in [2.05, 4.69) is 16.4 Å². The maximum atomic E-state index is 13.6. The molecule has 0 spiro atoms. The third-order valence-electron chi connectivity index (χ3n) is 8.18. The first-order valence-corrected chi connectivity index (χ1v) is 13.0. The standard InChI is InChI=1S/C29H33FN2O4/c1-3-35-29(34)32-23-10-11-24-20(14-23)15-26-27(17(2)36-28(26)33)25(24)12-9-22-8-7-19(16-31-22)18-5-4-6-21(30)13-18/h4-9,12-13,16-17,20,23-27H,3,10-11,14-15H2,1-2H3,(H,32,34)/t17-,20-,23-,24+,25-,26+,27+/m0/s1. The Kier molecular flexibility index (Phi) is 7.08. The zero-order valence-electron chi connectivity index (χ0n) is 20.7. The van der Waals surface area contributed by atoms with Gasteiger partial charge in [-0.05, 0) is 87.1 Å². The van der Waals surface area contributed by atoms with Crippen molar-refractivity contribution in [1.82, 2.24) is 10.3 Å². The van der Waals surface area contributed by atoms with Crippen LogP contribution in [-0.4, -0.2) is 35.8 Å².